The lowest BCUT2D eigenvalue weighted by Gasteiger charge is -2.33. The van der Waals surface area contributed by atoms with E-state index in [1.807, 2.05) is 42.5 Å². The van der Waals surface area contributed by atoms with E-state index < -0.39 is 0 Å². The van der Waals surface area contributed by atoms with Crippen molar-refractivity contribution >= 4 is 5.70 Å². The van der Waals surface area contributed by atoms with Crippen molar-refractivity contribution in [1.29, 1.82) is 15.8 Å². The SMILES string of the molecule is C[C@H]1CCC2=C(C#N)C(=C(C#N)C#N)NC(c3ccccc3)=C2C1. The largest absolute Gasteiger partial charge is 0.352 e. The van der Waals surface area contributed by atoms with E-state index in [9.17, 15) is 15.8 Å². The monoisotopic (exact) mass is 312 g/mol. The fourth-order valence-corrected chi connectivity index (χ4v) is 3.36. The minimum absolute atomic E-state index is 0.0508. The summed E-state index contributed by atoms with van der Waals surface area (Å²) in [4.78, 5) is 0. The highest BCUT2D eigenvalue weighted by Crippen LogP contribution is 2.43. The molecule has 116 valence electrons. The van der Waals surface area contributed by atoms with Crippen molar-refractivity contribution < 1.29 is 0 Å². The maximum atomic E-state index is 9.64. The maximum absolute atomic E-state index is 9.64. The van der Waals surface area contributed by atoms with Crippen LogP contribution in [0.25, 0.3) is 5.70 Å². The zero-order chi connectivity index (χ0) is 17.1. The van der Waals surface area contributed by atoms with Gasteiger partial charge in [-0.15, -0.1) is 0 Å². The number of allylic oxidation sites excluding steroid dienone is 4. The number of benzene rings is 1. The molecule has 1 heterocycles. The molecule has 24 heavy (non-hydrogen) atoms. The van der Waals surface area contributed by atoms with Gasteiger partial charge in [0.15, 0.2) is 5.57 Å². The Morgan fingerprint density at radius 3 is 2.42 bits per heavy atom. The quantitative estimate of drug-likeness (QED) is 0.796. The molecule has 1 aliphatic heterocycles. The molecule has 0 radical (unpaired) electrons. The standard InChI is InChI=1S/C20H16N4/c1-13-7-8-16-17(9-13)19(14-5-3-2-4-6-14)24-20(18(16)12-23)15(10-21)11-22/h2-6,13,24H,7-9H2,1H3/t13-/m0/s1. The molecular formula is C20H16N4. The zero-order valence-corrected chi connectivity index (χ0v) is 13.4. The molecule has 1 fully saturated rings. The molecule has 0 aromatic heterocycles. The van der Waals surface area contributed by atoms with E-state index in [1.165, 1.54) is 0 Å². The molecule has 0 bridgehead atoms. The van der Waals surface area contributed by atoms with Gasteiger partial charge in [-0.1, -0.05) is 37.3 Å². The predicted octanol–water partition coefficient (Wildman–Crippen LogP) is 3.94. The fraction of sp³-hybridized carbons (Fsp3) is 0.250. The van der Waals surface area contributed by atoms with Gasteiger partial charge in [-0.2, -0.15) is 15.8 Å². The first-order valence-electron chi connectivity index (χ1n) is 7.93. The van der Waals surface area contributed by atoms with Gasteiger partial charge in [0.25, 0.3) is 0 Å². The van der Waals surface area contributed by atoms with Gasteiger partial charge in [-0.05, 0) is 41.9 Å². The minimum atomic E-state index is -0.0508. The van der Waals surface area contributed by atoms with Crippen LogP contribution < -0.4 is 5.32 Å². The molecule has 4 nitrogen and oxygen atoms in total. The van der Waals surface area contributed by atoms with Crippen LogP contribution in [0.4, 0.5) is 0 Å². The van der Waals surface area contributed by atoms with Crippen molar-refractivity contribution in [3.8, 4) is 18.2 Å². The van der Waals surface area contributed by atoms with Gasteiger partial charge in [-0.25, -0.2) is 0 Å². The van der Waals surface area contributed by atoms with E-state index in [1.54, 1.807) is 0 Å². The average Bonchev–Trinajstić information content (AvgIpc) is 2.62. The Labute approximate surface area is 141 Å². The summed E-state index contributed by atoms with van der Waals surface area (Å²) in [6.07, 6.45) is 2.69. The minimum Gasteiger partial charge on any atom is -0.352 e. The maximum Gasteiger partial charge on any atom is 0.154 e. The topological polar surface area (TPSA) is 83.4 Å². The van der Waals surface area contributed by atoms with Crippen molar-refractivity contribution in [2.24, 2.45) is 5.92 Å². The van der Waals surface area contributed by atoms with Gasteiger partial charge in [0.05, 0.1) is 11.3 Å². The van der Waals surface area contributed by atoms with Crippen LogP contribution in [0.1, 0.15) is 31.7 Å². The molecule has 2 aliphatic rings. The van der Waals surface area contributed by atoms with E-state index in [0.29, 0.717) is 17.2 Å². The first-order chi connectivity index (χ1) is 11.7. The van der Waals surface area contributed by atoms with Crippen LogP contribution in [0.5, 0.6) is 0 Å². The highest BCUT2D eigenvalue weighted by molar-refractivity contribution is 5.79. The van der Waals surface area contributed by atoms with Crippen molar-refractivity contribution in [2.45, 2.75) is 26.2 Å². The Kier molecular flexibility index (Phi) is 4.19. The van der Waals surface area contributed by atoms with E-state index >= 15 is 0 Å². The summed E-state index contributed by atoms with van der Waals surface area (Å²) in [6.45, 7) is 2.21. The van der Waals surface area contributed by atoms with Gasteiger partial charge in [-0.3, -0.25) is 0 Å². The molecule has 1 aliphatic carbocycles. The summed E-state index contributed by atoms with van der Waals surface area (Å²) in [7, 11) is 0. The van der Waals surface area contributed by atoms with Gasteiger partial charge in [0.1, 0.15) is 18.2 Å². The molecule has 0 saturated heterocycles. The van der Waals surface area contributed by atoms with Gasteiger partial charge >= 0.3 is 0 Å². The summed E-state index contributed by atoms with van der Waals surface area (Å²) < 4.78 is 0. The predicted molar refractivity (Wildman–Crippen MR) is 90.4 cm³/mol. The molecule has 4 heteroatoms. The second-order valence-electron chi connectivity index (χ2n) is 6.13. The van der Waals surface area contributed by atoms with Crippen LogP contribution in [-0.4, -0.2) is 0 Å². The third-order valence-electron chi connectivity index (χ3n) is 4.56. The van der Waals surface area contributed by atoms with Gasteiger partial charge in [0, 0.05) is 5.70 Å². The first kappa shape index (κ1) is 15.6. The van der Waals surface area contributed by atoms with Crippen molar-refractivity contribution in [3.05, 3.63) is 63.9 Å². The Balaban J connectivity index is 2.29. The second-order valence-corrected chi connectivity index (χ2v) is 6.13. The molecule has 1 aromatic carbocycles. The summed E-state index contributed by atoms with van der Waals surface area (Å²) >= 11 is 0. The lowest BCUT2D eigenvalue weighted by molar-refractivity contribution is 0.494. The van der Waals surface area contributed by atoms with Crippen molar-refractivity contribution in [1.82, 2.24) is 5.32 Å². The fourth-order valence-electron chi connectivity index (χ4n) is 3.36. The molecule has 3 rings (SSSR count). The third-order valence-corrected chi connectivity index (χ3v) is 4.56. The summed E-state index contributed by atoms with van der Waals surface area (Å²) in [5.41, 5.74) is 4.76. The molecule has 1 atom stereocenters. The lowest BCUT2D eigenvalue weighted by atomic mass is 9.76. The summed E-state index contributed by atoms with van der Waals surface area (Å²) in [5, 5.41) is 31.4. The number of nitrogens with one attached hydrogen (secondary N) is 1. The molecule has 0 amide bonds. The van der Waals surface area contributed by atoms with Crippen LogP contribution in [0.2, 0.25) is 0 Å². The number of hydrogen-bond acceptors (Lipinski definition) is 4. The first-order valence-corrected chi connectivity index (χ1v) is 7.93. The van der Waals surface area contributed by atoms with Crippen LogP contribution >= 0.6 is 0 Å². The van der Waals surface area contributed by atoms with Crippen LogP contribution in [-0.2, 0) is 0 Å². The summed E-state index contributed by atoms with van der Waals surface area (Å²) in [5.74, 6) is 0.543. The van der Waals surface area contributed by atoms with E-state index in [0.717, 1.165) is 41.7 Å². The number of fused-ring (bicyclic) bond motifs is 1. The summed E-state index contributed by atoms with van der Waals surface area (Å²) in [6, 6.07) is 15.9. The Morgan fingerprint density at radius 1 is 1.08 bits per heavy atom. The number of dihydropyridines is 1. The number of hydrogen-bond donors (Lipinski definition) is 1. The van der Waals surface area contributed by atoms with Crippen molar-refractivity contribution in [2.75, 3.05) is 0 Å². The third kappa shape index (κ3) is 2.58. The second kappa shape index (κ2) is 6.45. The van der Waals surface area contributed by atoms with Crippen LogP contribution in [0.3, 0.4) is 0 Å². The van der Waals surface area contributed by atoms with Gasteiger partial charge < -0.3 is 5.32 Å². The number of nitrogens with zero attached hydrogens (tertiary/aromatic N) is 3. The highest BCUT2D eigenvalue weighted by atomic mass is 14.9. The van der Waals surface area contributed by atoms with E-state index in [-0.39, 0.29) is 5.57 Å². The normalized spacial score (nSPS) is 19.6. The molecule has 1 saturated carbocycles. The Bertz CT molecular complexity index is 880. The molecular weight excluding hydrogens is 296 g/mol. The Hall–Kier alpha value is -3.29. The van der Waals surface area contributed by atoms with Crippen LogP contribution in [0, 0.1) is 39.9 Å². The Morgan fingerprint density at radius 2 is 1.79 bits per heavy atom. The molecule has 0 spiro atoms. The molecule has 1 aromatic rings. The zero-order valence-electron chi connectivity index (χ0n) is 13.4. The van der Waals surface area contributed by atoms with E-state index in [2.05, 4.69) is 18.3 Å². The van der Waals surface area contributed by atoms with Gasteiger partial charge in [0.2, 0.25) is 0 Å². The lowest BCUT2D eigenvalue weighted by Crippen LogP contribution is -2.26. The van der Waals surface area contributed by atoms with Crippen molar-refractivity contribution in [3.63, 3.8) is 0 Å². The number of rotatable bonds is 1. The number of nitriles is 3. The smallest absolute Gasteiger partial charge is 0.154 e. The van der Waals surface area contributed by atoms with Crippen LogP contribution in [0.15, 0.2) is 58.3 Å². The highest BCUT2D eigenvalue weighted by Gasteiger charge is 2.31. The van der Waals surface area contributed by atoms with E-state index in [4.69, 9.17) is 0 Å². The molecule has 0 unspecified atom stereocenters. The molecule has 1 N–H and O–H groups in total. The average molecular weight is 312 g/mol.